The van der Waals surface area contributed by atoms with E-state index in [1.807, 2.05) is 0 Å². The van der Waals surface area contributed by atoms with Gasteiger partial charge in [0.2, 0.25) is 5.91 Å². The molecule has 1 unspecified atom stereocenters. The normalized spacial score (nSPS) is 13.7. The lowest BCUT2D eigenvalue weighted by atomic mass is 10.1. The van der Waals surface area contributed by atoms with E-state index in [1.165, 1.54) is 4.90 Å². The largest absolute Gasteiger partial charge is 0.397 e. The van der Waals surface area contributed by atoms with Gasteiger partial charge in [-0.15, -0.1) is 0 Å². The number of nitrogens with zero attached hydrogens (tertiary/aromatic N) is 1. The lowest BCUT2D eigenvalue weighted by molar-refractivity contribution is -0.161. The Morgan fingerprint density at radius 1 is 1.47 bits per heavy atom. The van der Waals surface area contributed by atoms with Gasteiger partial charge in [0.05, 0.1) is 0 Å². The predicted octanol–water partition coefficient (Wildman–Crippen LogP) is 1.38. The molecule has 6 heteroatoms. The monoisotopic (exact) mass is 226 g/mol. The number of hydrogen-bond donors (Lipinski definition) is 1. The molecule has 0 spiro atoms. The molecule has 90 valence electrons. The van der Waals surface area contributed by atoms with E-state index in [4.69, 9.17) is 5.73 Å². The van der Waals surface area contributed by atoms with E-state index in [1.54, 1.807) is 13.8 Å². The number of carbonyl (C=O) groups is 1. The van der Waals surface area contributed by atoms with Gasteiger partial charge in [-0.05, 0) is 19.4 Å². The Hall–Kier alpha value is -0.780. The van der Waals surface area contributed by atoms with Crippen LogP contribution < -0.4 is 5.73 Å². The Labute approximate surface area is 87.4 Å². The third-order valence-corrected chi connectivity index (χ3v) is 2.02. The summed E-state index contributed by atoms with van der Waals surface area (Å²) in [5.41, 5.74) is 5.34. The molecule has 0 saturated carbocycles. The van der Waals surface area contributed by atoms with E-state index in [0.29, 0.717) is 6.54 Å². The first-order valence-electron chi connectivity index (χ1n) is 4.84. The molecule has 0 fully saturated rings. The molecule has 0 aliphatic heterocycles. The lowest BCUT2D eigenvalue weighted by Gasteiger charge is -2.24. The van der Waals surface area contributed by atoms with Gasteiger partial charge < -0.3 is 10.6 Å². The fourth-order valence-corrected chi connectivity index (χ4v) is 1.14. The van der Waals surface area contributed by atoms with Crippen molar-refractivity contribution in [3.05, 3.63) is 0 Å². The molecule has 0 aliphatic rings. The Kier molecular flexibility index (Phi) is 5.64. The molecule has 0 aromatic rings. The zero-order valence-electron chi connectivity index (χ0n) is 8.97. The minimum atomic E-state index is -4.43. The van der Waals surface area contributed by atoms with Crippen molar-refractivity contribution in [2.24, 2.45) is 11.7 Å². The summed E-state index contributed by atoms with van der Waals surface area (Å²) in [5.74, 6) is -0.868. The van der Waals surface area contributed by atoms with Crippen LogP contribution in [0.1, 0.15) is 20.3 Å². The summed E-state index contributed by atoms with van der Waals surface area (Å²) < 4.78 is 35.8. The molecule has 3 nitrogen and oxygen atoms in total. The number of carbonyl (C=O) groups excluding carboxylic acids is 1. The number of rotatable bonds is 5. The van der Waals surface area contributed by atoms with Crippen molar-refractivity contribution >= 4 is 5.91 Å². The van der Waals surface area contributed by atoms with E-state index >= 15 is 0 Å². The van der Waals surface area contributed by atoms with Gasteiger partial charge in [0.15, 0.2) is 0 Å². The van der Waals surface area contributed by atoms with E-state index in [-0.39, 0.29) is 19.0 Å². The Morgan fingerprint density at radius 3 is 2.33 bits per heavy atom. The van der Waals surface area contributed by atoms with Gasteiger partial charge in [0.25, 0.3) is 0 Å². The van der Waals surface area contributed by atoms with Crippen LogP contribution in [0.25, 0.3) is 0 Å². The third kappa shape index (κ3) is 6.33. The molecule has 0 rings (SSSR count). The van der Waals surface area contributed by atoms with Gasteiger partial charge in [0, 0.05) is 13.1 Å². The lowest BCUT2D eigenvalue weighted by Crippen LogP contribution is -2.38. The second kappa shape index (κ2) is 5.95. The zero-order chi connectivity index (χ0) is 12.1. The van der Waals surface area contributed by atoms with Gasteiger partial charge in [-0.3, -0.25) is 4.79 Å². The molecule has 1 amide bonds. The van der Waals surface area contributed by atoms with Crippen LogP contribution in [0.15, 0.2) is 0 Å². The van der Waals surface area contributed by atoms with Gasteiger partial charge >= 0.3 is 6.18 Å². The van der Waals surface area contributed by atoms with Crippen LogP contribution >= 0.6 is 0 Å². The van der Waals surface area contributed by atoms with E-state index in [9.17, 15) is 18.0 Å². The first-order chi connectivity index (χ1) is 6.80. The summed E-state index contributed by atoms with van der Waals surface area (Å²) >= 11 is 0. The maximum Gasteiger partial charge on any atom is 0.397 e. The standard InChI is InChI=1S/C9H17F3N2O/c1-3-14(6-7(2)5-13)8(15)4-9(10,11)12/h7H,3-6,13H2,1-2H3. The quantitative estimate of drug-likeness (QED) is 0.769. The van der Waals surface area contributed by atoms with Crippen molar-refractivity contribution in [2.75, 3.05) is 19.6 Å². The van der Waals surface area contributed by atoms with Crippen LogP contribution in [0, 0.1) is 5.92 Å². The van der Waals surface area contributed by atoms with Gasteiger partial charge in [-0.25, -0.2) is 0 Å². The summed E-state index contributed by atoms with van der Waals surface area (Å²) in [4.78, 5) is 12.4. The van der Waals surface area contributed by atoms with Crippen molar-refractivity contribution < 1.29 is 18.0 Å². The van der Waals surface area contributed by atoms with Crippen LogP contribution in [0.4, 0.5) is 13.2 Å². The SMILES string of the molecule is CCN(CC(C)CN)C(=O)CC(F)(F)F. The summed E-state index contributed by atoms with van der Waals surface area (Å²) in [6, 6.07) is 0. The van der Waals surface area contributed by atoms with Gasteiger partial charge in [-0.2, -0.15) is 13.2 Å². The zero-order valence-corrected chi connectivity index (χ0v) is 8.97. The Balaban J connectivity index is 4.23. The second-order valence-electron chi connectivity index (χ2n) is 3.57. The average molecular weight is 226 g/mol. The summed E-state index contributed by atoms with van der Waals surface area (Å²) in [7, 11) is 0. The van der Waals surface area contributed by atoms with Crippen LogP contribution in [0.3, 0.4) is 0 Å². The maximum absolute atomic E-state index is 11.9. The summed E-state index contributed by atoms with van der Waals surface area (Å²) in [6.45, 7) is 4.36. The second-order valence-corrected chi connectivity index (χ2v) is 3.57. The highest BCUT2D eigenvalue weighted by atomic mass is 19.4. The third-order valence-electron chi connectivity index (χ3n) is 2.02. The minimum absolute atomic E-state index is 0.0159. The van der Waals surface area contributed by atoms with Crippen LogP contribution in [-0.4, -0.2) is 36.6 Å². The number of alkyl halides is 3. The fraction of sp³-hybridized carbons (Fsp3) is 0.889. The highest BCUT2D eigenvalue weighted by molar-refractivity contribution is 5.76. The Morgan fingerprint density at radius 2 is 2.00 bits per heavy atom. The smallest absolute Gasteiger partial charge is 0.342 e. The molecule has 2 N–H and O–H groups in total. The first-order valence-corrected chi connectivity index (χ1v) is 4.84. The molecule has 15 heavy (non-hydrogen) atoms. The molecule has 1 atom stereocenters. The van der Waals surface area contributed by atoms with Crippen molar-refractivity contribution in [2.45, 2.75) is 26.4 Å². The highest BCUT2D eigenvalue weighted by Crippen LogP contribution is 2.20. The number of halogens is 3. The molecule has 0 aromatic heterocycles. The highest BCUT2D eigenvalue weighted by Gasteiger charge is 2.33. The van der Waals surface area contributed by atoms with Crippen LogP contribution in [-0.2, 0) is 4.79 Å². The minimum Gasteiger partial charge on any atom is -0.342 e. The number of amides is 1. The average Bonchev–Trinajstić information content (AvgIpc) is 2.10. The van der Waals surface area contributed by atoms with Gasteiger partial charge in [-0.1, -0.05) is 6.92 Å². The summed E-state index contributed by atoms with van der Waals surface area (Å²) in [5, 5.41) is 0. The molecule has 0 aliphatic carbocycles. The van der Waals surface area contributed by atoms with E-state index < -0.39 is 18.5 Å². The first kappa shape index (κ1) is 14.2. The molecular formula is C9H17F3N2O. The van der Waals surface area contributed by atoms with Crippen molar-refractivity contribution in [1.82, 2.24) is 4.90 Å². The molecular weight excluding hydrogens is 209 g/mol. The van der Waals surface area contributed by atoms with Crippen molar-refractivity contribution in [1.29, 1.82) is 0 Å². The number of hydrogen-bond acceptors (Lipinski definition) is 2. The van der Waals surface area contributed by atoms with Crippen LogP contribution in [0.2, 0.25) is 0 Å². The molecule has 0 aromatic carbocycles. The predicted molar refractivity (Wildman–Crippen MR) is 51.1 cm³/mol. The summed E-state index contributed by atoms with van der Waals surface area (Å²) in [6.07, 6.45) is -5.82. The maximum atomic E-state index is 11.9. The fourth-order valence-electron chi connectivity index (χ4n) is 1.14. The van der Waals surface area contributed by atoms with Crippen molar-refractivity contribution in [3.8, 4) is 0 Å². The van der Waals surface area contributed by atoms with Crippen molar-refractivity contribution in [3.63, 3.8) is 0 Å². The molecule has 0 bridgehead atoms. The number of nitrogens with two attached hydrogens (primary N) is 1. The Bertz CT molecular complexity index is 206. The van der Waals surface area contributed by atoms with Gasteiger partial charge in [0.1, 0.15) is 6.42 Å². The van der Waals surface area contributed by atoms with Crippen LogP contribution in [0.5, 0.6) is 0 Å². The molecule has 0 heterocycles. The molecule has 0 radical (unpaired) electrons. The van der Waals surface area contributed by atoms with E-state index in [0.717, 1.165) is 0 Å². The molecule has 0 saturated heterocycles. The topological polar surface area (TPSA) is 46.3 Å². The van der Waals surface area contributed by atoms with E-state index in [2.05, 4.69) is 0 Å².